The van der Waals surface area contributed by atoms with E-state index < -0.39 is 10.0 Å². The highest BCUT2D eigenvalue weighted by atomic mass is 32.2. The molecule has 2 heterocycles. The van der Waals surface area contributed by atoms with Crippen molar-refractivity contribution in [3.8, 4) is 0 Å². The summed E-state index contributed by atoms with van der Waals surface area (Å²) < 4.78 is 32.2. The topological polar surface area (TPSA) is 79.0 Å². The summed E-state index contributed by atoms with van der Waals surface area (Å²) >= 11 is 0. The zero-order valence-electron chi connectivity index (χ0n) is 14.5. The number of carbonyl (C=O) groups excluding carboxylic acids is 1. The van der Waals surface area contributed by atoms with Gasteiger partial charge in [0.1, 0.15) is 0 Å². The Hall–Kier alpha value is -1.48. The molecule has 0 aliphatic carbocycles. The smallest absolute Gasteiger partial charge is 0.243 e. The Morgan fingerprint density at radius 3 is 2.48 bits per heavy atom. The Kier molecular flexibility index (Phi) is 5.73. The van der Waals surface area contributed by atoms with Gasteiger partial charge in [-0.05, 0) is 19.1 Å². The zero-order chi connectivity index (χ0) is 17.9. The van der Waals surface area contributed by atoms with Gasteiger partial charge in [-0.15, -0.1) is 0 Å². The number of hydrogen-bond acceptors (Lipinski definition) is 5. The van der Waals surface area contributed by atoms with Gasteiger partial charge in [-0.1, -0.05) is 17.7 Å². The molecular formula is C17H25N3O4S. The minimum absolute atomic E-state index is 0.0513. The second kappa shape index (κ2) is 7.82. The minimum atomic E-state index is -3.49. The fourth-order valence-corrected chi connectivity index (χ4v) is 4.55. The summed E-state index contributed by atoms with van der Waals surface area (Å²) in [6.07, 6.45) is 0.394. The second-order valence-electron chi connectivity index (χ2n) is 6.53. The van der Waals surface area contributed by atoms with Gasteiger partial charge in [0.15, 0.2) is 0 Å². The molecule has 8 heteroatoms. The Morgan fingerprint density at radius 2 is 1.88 bits per heavy atom. The van der Waals surface area contributed by atoms with Gasteiger partial charge in [0.2, 0.25) is 15.9 Å². The summed E-state index contributed by atoms with van der Waals surface area (Å²) in [5.41, 5.74) is 1.02. The Morgan fingerprint density at radius 1 is 1.20 bits per heavy atom. The van der Waals surface area contributed by atoms with Crippen molar-refractivity contribution >= 4 is 15.9 Å². The van der Waals surface area contributed by atoms with Crippen LogP contribution in [-0.4, -0.2) is 75.5 Å². The largest absolute Gasteiger partial charge is 0.378 e. The Balaban J connectivity index is 1.55. The molecule has 2 fully saturated rings. The van der Waals surface area contributed by atoms with Crippen LogP contribution in [0.15, 0.2) is 29.2 Å². The van der Waals surface area contributed by atoms with Crippen LogP contribution in [0.3, 0.4) is 0 Å². The number of morpholine rings is 1. The van der Waals surface area contributed by atoms with Crippen molar-refractivity contribution in [2.24, 2.45) is 0 Å². The van der Waals surface area contributed by atoms with E-state index in [0.717, 1.165) is 12.1 Å². The molecule has 1 aromatic rings. The van der Waals surface area contributed by atoms with Crippen LogP contribution in [0.2, 0.25) is 0 Å². The number of piperazine rings is 1. The Labute approximate surface area is 149 Å². The third-order valence-electron chi connectivity index (χ3n) is 4.67. The van der Waals surface area contributed by atoms with Crippen molar-refractivity contribution in [3.05, 3.63) is 29.8 Å². The molecule has 0 radical (unpaired) electrons. The van der Waals surface area contributed by atoms with Crippen LogP contribution in [-0.2, 0) is 19.6 Å². The van der Waals surface area contributed by atoms with Crippen LogP contribution in [0.25, 0.3) is 0 Å². The van der Waals surface area contributed by atoms with E-state index in [4.69, 9.17) is 4.74 Å². The lowest BCUT2D eigenvalue weighted by atomic mass is 10.1. The van der Waals surface area contributed by atoms with Gasteiger partial charge in [-0.2, -0.15) is 4.31 Å². The van der Waals surface area contributed by atoms with Gasteiger partial charge >= 0.3 is 0 Å². The first-order chi connectivity index (χ1) is 12.0. The molecule has 0 saturated carbocycles. The number of nitrogens with one attached hydrogen (secondary N) is 1. The zero-order valence-corrected chi connectivity index (χ0v) is 15.3. The van der Waals surface area contributed by atoms with Crippen molar-refractivity contribution < 1.29 is 17.9 Å². The van der Waals surface area contributed by atoms with Crippen LogP contribution in [0.1, 0.15) is 12.0 Å². The lowest BCUT2D eigenvalue weighted by Crippen LogP contribution is -2.52. The maximum atomic E-state index is 12.7. The molecule has 2 aliphatic heterocycles. The van der Waals surface area contributed by atoms with E-state index >= 15 is 0 Å². The predicted molar refractivity (Wildman–Crippen MR) is 93.7 cm³/mol. The van der Waals surface area contributed by atoms with Crippen molar-refractivity contribution in [1.82, 2.24) is 14.5 Å². The third kappa shape index (κ3) is 4.38. The standard InChI is InChI=1S/C17H25N3O4S/c1-14-2-4-16(5-3-14)25(22,23)20-9-7-19(8-10-20)17(21)12-15-13-24-11-6-18-15/h2-5,15,18H,6-13H2,1H3. The molecule has 1 N–H and O–H groups in total. The molecule has 3 rings (SSSR count). The third-order valence-corrected chi connectivity index (χ3v) is 6.58. The minimum Gasteiger partial charge on any atom is -0.378 e. The van der Waals surface area contributed by atoms with Crippen molar-refractivity contribution in [2.75, 3.05) is 45.9 Å². The van der Waals surface area contributed by atoms with Crippen LogP contribution in [0, 0.1) is 6.92 Å². The van der Waals surface area contributed by atoms with E-state index in [9.17, 15) is 13.2 Å². The molecule has 25 heavy (non-hydrogen) atoms. The fourth-order valence-electron chi connectivity index (χ4n) is 3.13. The highest BCUT2D eigenvalue weighted by Crippen LogP contribution is 2.18. The number of aryl methyl sites for hydroxylation is 1. The molecule has 1 unspecified atom stereocenters. The average molecular weight is 367 g/mol. The van der Waals surface area contributed by atoms with Crippen LogP contribution < -0.4 is 5.32 Å². The maximum absolute atomic E-state index is 12.7. The first kappa shape index (κ1) is 18.3. The molecule has 1 amide bonds. The van der Waals surface area contributed by atoms with Gasteiger partial charge in [0.05, 0.1) is 18.1 Å². The van der Waals surface area contributed by atoms with Gasteiger partial charge in [-0.3, -0.25) is 4.79 Å². The molecule has 1 aromatic carbocycles. The molecule has 0 aromatic heterocycles. The number of nitrogens with zero attached hydrogens (tertiary/aromatic N) is 2. The highest BCUT2D eigenvalue weighted by molar-refractivity contribution is 7.89. The molecule has 138 valence electrons. The number of carbonyl (C=O) groups is 1. The molecular weight excluding hydrogens is 342 g/mol. The van der Waals surface area contributed by atoms with Gasteiger partial charge in [0, 0.05) is 45.2 Å². The number of ether oxygens (including phenoxy) is 1. The highest BCUT2D eigenvalue weighted by Gasteiger charge is 2.30. The molecule has 7 nitrogen and oxygen atoms in total. The summed E-state index contributed by atoms with van der Waals surface area (Å²) in [4.78, 5) is 14.4. The molecule has 1 atom stereocenters. The summed E-state index contributed by atoms with van der Waals surface area (Å²) in [5, 5.41) is 3.27. The summed E-state index contributed by atoms with van der Waals surface area (Å²) in [6.45, 7) is 5.43. The lowest BCUT2D eigenvalue weighted by molar-refractivity contribution is -0.133. The van der Waals surface area contributed by atoms with Crippen molar-refractivity contribution in [1.29, 1.82) is 0 Å². The number of rotatable bonds is 4. The van der Waals surface area contributed by atoms with Crippen LogP contribution >= 0.6 is 0 Å². The number of sulfonamides is 1. The molecule has 0 bridgehead atoms. The number of benzene rings is 1. The summed E-state index contributed by atoms with van der Waals surface area (Å²) in [6, 6.07) is 6.92. The van der Waals surface area contributed by atoms with Gasteiger partial charge < -0.3 is 15.0 Å². The monoisotopic (exact) mass is 367 g/mol. The van der Waals surface area contributed by atoms with Gasteiger partial charge in [0.25, 0.3) is 0 Å². The quantitative estimate of drug-likeness (QED) is 0.823. The first-order valence-electron chi connectivity index (χ1n) is 8.62. The van der Waals surface area contributed by atoms with Crippen LogP contribution in [0.5, 0.6) is 0 Å². The van der Waals surface area contributed by atoms with E-state index in [2.05, 4.69) is 5.32 Å². The molecule has 0 spiro atoms. The number of amides is 1. The van der Waals surface area contributed by atoms with Gasteiger partial charge in [-0.25, -0.2) is 8.42 Å². The maximum Gasteiger partial charge on any atom is 0.243 e. The van der Waals surface area contributed by atoms with E-state index in [1.165, 1.54) is 4.31 Å². The van der Waals surface area contributed by atoms with Crippen molar-refractivity contribution in [3.63, 3.8) is 0 Å². The van der Waals surface area contributed by atoms with E-state index in [0.29, 0.717) is 50.7 Å². The number of hydrogen-bond donors (Lipinski definition) is 1. The van der Waals surface area contributed by atoms with Crippen LogP contribution in [0.4, 0.5) is 0 Å². The summed E-state index contributed by atoms with van der Waals surface area (Å²) in [5.74, 6) is 0.0513. The summed E-state index contributed by atoms with van der Waals surface area (Å²) in [7, 11) is -3.49. The SMILES string of the molecule is Cc1ccc(S(=O)(=O)N2CCN(C(=O)CC3COCCN3)CC2)cc1. The van der Waals surface area contributed by atoms with Crippen molar-refractivity contribution in [2.45, 2.75) is 24.3 Å². The lowest BCUT2D eigenvalue weighted by Gasteiger charge is -2.35. The average Bonchev–Trinajstić information content (AvgIpc) is 2.63. The first-order valence-corrected chi connectivity index (χ1v) is 10.1. The molecule has 2 aliphatic rings. The molecule has 2 saturated heterocycles. The van der Waals surface area contributed by atoms with E-state index in [1.807, 2.05) is 6.92 Å². The predicted octanol–water partition coefficient (Wildman–Crippen LogP) is 0.206. The van der Waals surface area contributed by atoms with E-state index in [1.54, 1.807) is 29.2 Å². The second-order valence-corrected chi connectivity index (χ2v) is 8.47. The Bertz CT molecular complexity index is 691. The van der Waals surface area contributed by atoms with E-state index in [-0.39, 0.29) is 11.9 Å². The normalized spacial score (nSPS) is 22.8. The fraction of sp³-hybridized carbons (Fsp3) is 0.588.